The Hall–Kier alpha value is -2.83. The van der Waals surface area contributed by atoms with Gasteiger partial charge in [-0.25, -0.2) is 0 Å². The summed E-state index contributed by atoms with van der Waals surface area (Å²) in [4.78, 5) is 38.3. The van der Waals surface area contributed by atoms with Crippen molar-refractivity contribution in [2.75, 3.05) is 6.54 Å². The molecule has 2 aromatic rings. The van der Waals surface area contributed by atoms with Crippen LogP contribution in [-0.2, 0) is 11.3 Å². The van der Waals surface area contributed by atoms with Crippen LogP contribution in [0.2, 0.25) is 0 Å². The fourth-order valence-electron chi connectivity index (χ4n) is 2.86. The van der Waals surface area contributed by atoms with Crippen molar-refractivity contribution in [1.82, 2.24) is 25.2 Å². The highest BCUT2D eigenvalue weighted by atomic mass is 16.2. The highest BCUT2D eigenvalue weighted by Crippen LogP contribution is 2.31. The van der Waals surface area contributed by atoms with E-state index in [1.165, 1.54) is 6.92 Å². The molecule has 0 unspecified atom stereocenters. The van der Waals surface area contributed by atoms with Gasteiger partial charge in [-0.1, -0.05) is 0 Å². The van der Waals surface area contributed by atoms with E-state index in [-0.39, 0.29) is 17.9 Å². The number of pyridine rings is 1. The lowest BCUT2D eigenvalue weighted by Crippen LogP contribution is -2.31. The SMILES string of the molecule is CC(=O)NCc1cncc([C@H]2CCCN2C(=O)c2ccncc2)n1. The Morgan fingerprint density at radius 1 is 1.25 bits per heavy atom. The summed E-state index contributed by atoms with van der Waals surface area (Å²) in [5.74, 6) is -0.133. The molecule has 1 fully saturated rings. The number of hydrogen-bond acceptors (Lipinski definition) is 5. The third-order valence-corrected chi connectivity index (χ3v) is 4.00. The molecular formula is C17H19N5O2. The number of nitrogens with one attached hydrogen (secondary N) is 1. The van der Waals surface area contributed by atoms with Gasteiger partial charge < -0.3 is 10.2 Å². The van der Waals surface area contributed by atoms with E-state index in [1.807, 2.05) is 4.90 Å². The molecule has 1 aliphatic heterocycles. The molecule has 0 spiro atoms. The molecule has 24 heavy (non-hydrogen) atoms. The highest BCUT2D eigenvalue weighted by Gasteiger charge is 2.31. The van der Waals surface area contributed by atoms with Gasteiger partial charge in [0.1, 0.15) is 0 Å². The molecule has 0 aromatic carbocycles. The van der Waals surface area contributed by atoms with Crippen LogP contribution in [-0.4, -0.2) is 38.2 Å². The lowest BCUT2D eigenvalue weighted by Gasteiger charge is -2.24. The molecule has 2 amide bonds. The summed E-state index contributed by atoms with van der Waals surface area (Å²) in [5, 5.41) is 2.71. The molecular weight excluding hydrogens is 306 g/mol. The first-order valence-corrected chi connectivity index (χ1v) is 7.91. The van der Waals surface area contributed by atoms with E-state index < -0.39 is 0 Å². The van der Waals surface area contributed by atoms with E-state index in [4.69, 9.17) is 0 Å². The van der Waals surface area contributed by atoms with Crippen molar-refractivity contribution in [3.8, 4) is 0 Å². The van der Waals surface area contributed by atoms with Crippen LogP contribution in [0.1, 0.15) is 47.6 Å². The molecule has 3 heterocycles. The van der Waals surface area contributed by atoms with Crippen LogP contribution >= 0.6 is 0 Å². The van der Waals surface area contributed by atoms with Crippen LogP contribution in [0, 0.1) is 0 Å². The average molecular weight is 325 g/mol. The maximum atomic E-state index is 12.7. The molecule has 1 saturated heterocycles. The predicted molar refractivity (Wildman–Crippen MR) is 86.8 cm³/mol. The zero-order valence-electron chi connectivity index (χ0n) is 13.5. The van der Waals surface area contributed by atoms with Gasteiger partial charge in [0.2, 0.25) is 5.91 Å². The monoisotopic (exact) mass is 325 g/mol. The Bertz CT molecular complexity index is 735. The van der Waals surface area contributed by atoms with E-state index in [2.05, 4.69) is 20.3 Å². The number of carbonyl (C=O) groups is 2. The number of hydrogen-bond donors (Lipinski definition) is 1. The first-order chi connectivity index (χ1) is 11.6. The summed E-state index contributed by atoms with van der Waals surface area (Å²) in [7, 11) is 0. The third-order valence-electron chi connectivity index (χ3n) is 4.00. The minimum Gasteiger partial charge on any atom is -0.351 e. The van der Waals surface area contributed by atoms with E-state index in [1.54, 1.807) is 36.9 Å². The van der Waals surface area contributed by atoms with Crippen molar-refractivity contribution >= 4 is 11.8 Å². The summed E-state index contributed by atoms with van der Waals surface area (Å²) < 4.78 is 0. The van der Waals surface area contributed by atoms with Crippen LogP contribution in [0.3, 0.4) is 0 Å². The van der Waals surface area contributed by atoms with Crippen LogP contribution < -0.4 is 5.32 Å². The van der Waals surface area contributed by atoms with E-state index >= 15 is 0 Å². The molecule has 1 atom stereocenters. The largest absolute Gasteiger partial charge is 0.351 e. The second kappa shape index (κ2) is 7.16. The minimum absolute atomic E-state index is 0.0195. The third kappa shape index (κ3) is 3.56. The molecule has 7 heteroatoms. The van der Waals surface area contributed by atoms with Gasteiger partial charge in [0.15, 0.2) is 0 Å². The summed E-state index contributed by atoms with van der Waals surface area (Å²) >= 11 is 0. The summed E-state index contributed by atoms with van der Waals surface area (Å²) in [6.45, 7) is 2.49. The lowest BCUT2D eigenvalue weighted by molar-refractivity contribution is -0.119. The van der Waals surface area contributed by atoms with E-state index in [9.17, 15) is 9.59 Å². The average Bonchev–Trinajstić information content (AvgIpc) is 3.10. The molecule has 7 nitrogen and oxygen atoms in total. The molecule has 0 bridgehead atoms. The smallest absolute Gasteiger partial charge is 0.254 e. The number of amides is 2. The number of aromatic nitrogens is 3. The highest BCUT2D eigenvalue weighted by molar-refractivity contribution is 5.94. The summed E-state index contributed by atoms with van der Waals surface area (Å²) in [5.41, 5.74) is 2.07. The van der Waals surface area contributed by atoms with Gasteiger partial charge in [-0.15, -0.1) is 0 Å². The number of nitrogens with zero attached hydrogens (tertiary/aromatic N) is 4. The van der Waals surface area contributed by atoms with Gasteiger partial charge in [-0.2, -0.15) is 0 Å². The Labute approximate surface area is 140 Å². The van der Waals surface area contributed by atoms with Crippen molar-refractivity contribution in [3.63, 3.8) is 0 Å². The second-order valence-electron chi connectivity index (χ2n) is 5.74. The number of carbonyl (C=O) groups excluding carboxylic acids is 2. The van der Waals surface area contributed by atoms with E-state index in [0.29, 0.717) is 24.3 Å². The van der Waals surface area contributed by atoms with Crippen LogP contribution in [0.5, 0.6) is 0 Å². The van der Waals surface area contributed by atoms with Gasteiger partial charge >= 0.3 is 0 Å². The Balaban J connectivity index is 1.79. The molecule has 2 aromatic heterocycles. The fourth-order valence-corrected chi connectivity index (χ4v) is 2.86. The van der Waals surface area contributed by atoms with Crippen molar-refractivity contribution in [1.29, 1.82) is 0 Å². The van der Waals surface area contributed by atoms with Crippen molar-refractivity contribution in [3.05, 3.63) is 53.9 Å². The zero-order chi connectivity index (χ0) is 16.9. The van der Waals surface area contributed by atoms with Crippen molar-refractivity contribution in [2.45, 2.75) is 32.4 Å². The van der Waals surface area contributed by atoms with Gasteiger partial charge in [0, 0.05) is 31.4 Å². The molecule has 1 N–H and O–H groups in total. The Morgan fingerprint density at radius 2 is 2.04 bits per heavy atom. The first kappa shape index (κ1) is 16.0. The summed E-state index contributed by atoms with van der Waals surface area (Å²) in [6, 6.07) is 3.35. The van der Waals surface area contributed by atoms with E-state index in [0.717, 1.165) is 18.5 Å². The minimum atomic E-state index is -0.113. The number of likely N-dealkylation sites (tertiary alicyclic amines) is 1. The normalized spacial score (nSPS) is 16.9. The topological polar surface area (TPSA) is 88.1 Å². The standard InChI is InChI=1S/C17H19N5O2/c1-12(23)20-10-14-9-19-11-15(21-14)16-3-2-8-22(16)17(24)13-4-6-18-7-5-13/h4-7,9,11,16H,2-3,8,10H2,1H3,(H,20,23)/t16-/m1/s1. The summed E-state index contributed by atoms with van der Waals surface area (Å²) in [6.07, 6.45) is 8.34. The maximum Gasteiger partial charge on any atom is 0.254 e. The Morgan fingerprint density at radius 3 is 2.79 bits per heavy atom. The molecule has 3 rings (SSSR count). The Kier molecular flexibility index (Phi) is 4.79. The van der Waals surface area contributed by atoms with Gasteiger partial charge in [-0.05, 0) is 25.0 Å². The lowest BCUT2D eigenvalue weighted by atomic mass is 10.1. The second-order valence-corrected chi connectivity index (χ2v) is 5.74. The van der Waals surface area contributed by atoms with Crippen LogP contribution in [0.15, 0.2) is 36.9 Å². The molecule has 0 radical (unpaired) electrons. The van der Waals surface area contributed by atoms with Crippen molar-refractivity contribution in [2.24, 2.45) is 0 Å². The van der Waals surface area contributed by atoms with Crippen molar-refractivity contribution < 1.29 is 9.59 Å². The molecule has 0 aliphatic carbocycles. The van der Waals surface area contributed by atoms with Gasteiger partial charge in [0.25, 0.3) is 5.91 Å². The molecule has 1 aliphatic rings. The fraction of sp³-hybridized carbons (Fsp3) is 0.353. The molecule has 124 valence electrons. The first-order valence-electron chi connectivity index (χ1n) is 7.91. The number of rotatable bonds is 4. The quantitative estimate of drug-likeness (QED) is 0.920. The maximum absolute atomic E-state index is 12.7. The van der Waals surface area contributed by atoms with Crippen LogP contribution in [0.4, 0.5) is 0 Å². The van der Waals surface area contributed by atoms with Gasteiger partial charge in [-0.3, -0.25) is 24.5 Å². The molecule has 0 saturated carbocycles. The van der Waals surface area contributed by atoms with Gasteiger partial charge in [0.05, 0.1) is 36.4 Å². The predicted octanol–water partition coefficient (Wildman–Crippen LogP) is 1.48. The zero-order valence-corrected chi connectivity index (χ0v) is 13.5. The van der Waals surface area contributed by atoms with Crippen LogP contribution in [0.25, 0.3) is 0 Å².